The van der Waals surface area contributed by atoms with E-state index in [1.54, 1.807) is 0 Å². The molecule has 0 radical (unpaired) electrons. The van der Waals surface area contributed by atoms with Gasteiger partial charge < -0.3 is 8.94 Å². The number of hydrogen-bond acceptors (Lipinski definition) is 3. The maximum absolute atomic E-state index is 6.23. The van der Waals surface area contributed by atoms with Crippen molar-refractivity contribution >= 4 is 43.5 Å². The molecule has 0 aliphatic rings. The highest BCUT2D eigenvalue weighted by Crippen LogP contribution is 2.45. The summed E-state index contributed by atoms with van der Waals surface area (Å²) in [5.41, 5.74) is 7.33. The zero-order valence-corrected chi connectivity index (χ0v) is 18.9. The third kappa shape index (κ3) is 2.61. The van der Waals surface area contributed by atoms with Crippen LogP contribution in [0.1, 0.15) is 11.5 Å². The maximum atomic E-state index is 6.23. The van der Waals surface area contributed by atoms with Gasteiger partial charge in [0.15, 0.2) is 0 Å². The normalized spacial score (nSPS) is 11.8. The number of hydrogen-bond donors (Lipinski definition) is 0. The van der Waals surface area contributed by atoms with E-state index in [1.807, 2.05) is 26.0 Å². The van der Waals surface area contributed by atoms with E-state index < -0.39 is 0 Å². The molecule has 0 atom stereocenters. The predicted molar refractivity (Wildman–Crippen MR) is 139 cm³/mol. The molecule has 0 bridgehead atoms. The van der Waals surface area contributed by atoms with E-state index in [4.69, 9.17) is 8.94 Å². The summed E-state index contributed by atoms with van der Waals surface area (Å²) >= 11 is 0. The van der Waals surface area contributed by atoms with Crippen LogP contribution in [-0.4, -0.2) is 5.16 Å². The number of aryl methyl sites for hydroxylation is 2. The first kappa shape index (κ1) is 19.1. The number of rotatable bonds is 2. The van der Waals surface area contributed by atoms with Crippen LogP contribution in [0.5, 0.6) is 0 Å². The molecule has 0 fully saturated rings. The van der Waals surface area contributed by atoms with Crippen molar-refractivity contribution in [2.45, 2.75) is 13.8 Å². The van der Waals surface area contributed by atoms with Gasteiger partial charge in [0, 0.05) is 21.9 Å². The first-order valence-electron chi connectivity index (χ1n) is 11.5. The fourth-order valence-corrected chi connectivity index (χ4v) is 5.43. The Morgan fingerprint density at radius 1 is 0.529 bits per heavy atom. The first-order chi connectivity index (χ1) is 16.7. The van der Waals surface area contributed by atoms with Gasteiger partial charge in [0.05, 0.1) is 5.69 Å². The Morgan fingerprint density at radius 3 is 1.71 bits per heavy atom. The second kappa shape index (κ2) is 7.06. The summed E-state index contributed by atoms with van der Waals surface area (Å²) in [5, 5.41) is 11.3. The van der Waals surface area contributed by atoms with Gasteiger partial charge in [-0.2, -0.15) is 0 Å². The van der Waals surface area contributed by atoms with Crippen LogP contribution >= 0.6 is 0 Å². The van der Waals surface area contributed by atoms with Crippen LogP contribution in [0.2, 0.25) is 0 Å². The monoisotopic (exact) mass is 439 g/mol. The molecule has 5 aromatic carbocycles. The Bertz CT molecular complexity index is 1810. The van der Waals surface area contributed by atoms with Crippen LogP contribution in [0, 0.1) is 13.8 Å². The number of para-hydroxylation sites is 1. The quantitative estimate of drug-likeness (QED) is 0.253. The lowest BCUT2D eigenvalue weighted by molar-refractivity contribution is 0.393. The molecule has 0 N–H and O–H groups in total. The molecule has 0 saturated heterocycles. The van der Waals surface area contributed by atoms with Gasteiger partial charge in [0.2, 0.25) is 0 Å². The molecule has 3 nitrogen and oxygen atoms in total. The molecule has 7 aromatic rings. The molecule has 34 heavy (non-hydrogen) atoms. The molecule has 2 heterocycles. The van der Waals surface area contributed by atoms with Crippen molar-refractivity contribution < 1.29 is 8.94 Å². The average molecular weight is 440 g/mol. The van der Waals surface area contributed by atoms with Crippen molar-refractivity contribution in [1.82, 2.24) is 5.16 Å². The Morgan fingerprint density at radius 2 is 1.09 bits per heavy atom. The maximum Gasteiger partial charge on any atom is 0.141 e. The molecule has 0 saturated carbocycles. The minimum absolute atomic E-state index is 0.837. The highest BCUT2D eigenvalue weighted by Gasteiger charge is 2.21. The van der Waals surface area contributed by atoms with Crippen molar-refractivity contribution in [1.29, 1.82) is 0 Å². The summed E-state index contributed by atoms with van der Waals surface area (Å²) in [5.74, 6) is 0.837. The summed E-state index contributed by atoms with van der Waals surface area (Å²) in [6.07, 6.45) is 0. The van der Waals surface area contributed by atoms with Gasteiger partial charge in [-0.1, -0.05) is 78.0 Å². The lowest BCUT2D eigenvalue weighted by Gasteiger charge is -2.17. The van der Waals surface area contributed by atoms with Gasteiger partial charge in [-0.25, -0.2) is 0 Å². The van der Waals surface area contributed by atoms with Crippen molar-refractivity contribution in [3.63, 3.8) is 0 Å². The smallest absolute Gasteiger partial charge is 0.141 e. The standard InChI is InChI=1S/C31H21NO2/c1-18-29(19(2)34-32-18)31-25-12-5-3-10-23(25)30(24-11-4-6-13-26(24)31)20-15-16-22-21-9-7-8-14-27(21)33-28(22)17-20/h3-17H,1-2H3. The van der Waals surface area contributed by atoms with E-state index in [1.165, 1.54) is 32.7 Å². The Balaban J connectivity index is 1.62. The third-order valence-corrected chi connectivity index (χ3v) is 6.88. The largest absolute Gasteiger partial charge is 0.456 e. The fraction of sp³-hybridized carbons (Fsp3) is 0.0645. The summed E-state index contributed by atoms with van der Waals surface area (Å²) in [6.45, 7) is 4.00. The van der Waals surface area contributed by atoms with E-state index in [9.17, 15) is 0 Å². The molecule has 0 aliphatic carbocycles. The van der Waals surface area contributed by atoms with Crippen LogP contribution in [0.4, 0.5) is 0 Å². The van der Waals surface area contributed by atoms with Crippen LogP contribution in [0.3, 0.4) is 0 Å². The molecule has 0 amide bonds. The SMILES string of the molecule is Cc1noc(C)c1-c1c2ccccc2c(-c2ccc3c(c2)oc2ccccc23)c2ccccc12. The fourth-order valence-electron chi connectivity index (χ4n) is 5.43. The molecule has 3 heteroatoms. The summed E-state index contributed by atoms with van der Waals surface area (Å²) < 4.78 is 11.8. The van der Waals surface area contributed by atoms with E-state index in [2.05, 4.69) is 84.0 Å². The number of furan rings is 1. The summed E-state index contributed by atoms with van der Waals surface area (Å²) in [6, 6.07) is 32.0. The molecule has 7 rings (SSSR count). The van der Waals surface area contributed by atoms with Gasteiger partial charge in [0.25, 0.3) is 0 Å². The number of fused-ring (bicyclic) bond motifs is 5. The lowest BCUT2D eigenvalue weighted by atomic mass is 9.85. The number of aromatic nitrogens is 1. The first-order valence-corrected chi connectivity index (χ1v) is 11.5. The Hall–Kier alpha value is -4.37. The van der Waals surface area contributed by atoms with Crippen LogP contribution in [0.25, 0.3) is 65.7 Å². The second-order valence-electron chi connectivity index (χ2n) is 8.85. The molecule has 0 spiro atoms. The van der Waals surface area contributed by atoms with Gasteiger partial charge in [-0.15, -0.1) is 0 Å². The van der Waals surface area contributed by atoms with Crippen LogP contribution in [-0.2, 0) is 0 Å². The zero-order chi connectivity index (χ0) is 22.8. The Labute approximate surface area is 196 Å². The molecular weight excluding hydrogens is 418 g/mol. The van der Waals surface area contributed by atoms with Crippen molar-refractivity contribution in [3.05, 3.63) is 102 Å². The van der Waals surface area contributed by atoms with Gasteiger partial charge in [0.1, 0.15) is 16.9 Å². The van der Waals surface area contributed by atoms with E-state index in [0.717, 1.165) is 44.5 Å². The topological polar surface area (TPSA) is 39.2 Å². The minimum Gasteiger partial charge on any atom is -0.456 e. The highest BCUT2D eigenvalue weighted by atomic mass is 16.5. The summed E-state index contributed by atoms with van der Waals surface area (Å²) in [7, 11) is 0. The van der Waals surface area contributed by atoms with Crippen molar-refractivity contribution in [2.75, 3.05) is 0 Å². The minimum atomic E-state index is 0.837. The number of nitrogens with zero attached hydrogens (tertiary/aromatic N) is 1. The van der Waals surface area contributed by atoms with Gasteiger partial charge >= 0.3 is 0 Å². The number of benzene rings is 5. The van der Waals surface area contributed by atoms with Crippen LogP contribution < -0.4 is 0 Å². The van der Waals surface area contributed by atoms with E-state index >= 15 is 0 Å². The molecule has 0 unspecified atom stereocenters. The Kier molecular flexibility index (Phi) is 3.97. The van der Waals surface area contributed by atoms with Crippen LogP contribution in [0.15, 0.2) is 99.9 Å². The zero-order valence-electron chi connectivity index (χ0n) is 18.9. The third-order valence-electron chi connectivity index (χ3n) is 6.88. The average Bonchev–Trinajstić information content (AvgIpc) is 3.41. The van der Waals surface area contributed by atoms with Gasteiger partial charge in [-0.05, 0) is 64.7 Å². The molecule has 0 aliphatic heterocycles. The molecule has 162 valence electrons. The van der Waals surface area contributed by atoms with E-state index in [-0.39, 0.29) is 0 Å². The summed E-state index contributed by atoms with van der Waals surface area (Å²) in [4.78, 5) is 0. The van der Waals surface area contributed by atoms with E-state index in [0.29, 0.717) is 0 Å². The van der Waals surface area contributed by atoms with Crippen molar-refractivity contribution in [2.24, 2.45) is 0 Å². The lowest BCUT2D eigenvalue weighted by Crippen LogP contribution is -1.92. The highest BCUT2D eigenvalue weighted by molar-refractivity contribution is 6.22. The molecular formula is C31H21NO2. The van der Waals surface area contributed by atoms with Crippen molar-refractivity contribution in [3.8, 4) is 22.3 Å². The van der Waals surface area contributed by atoms with Gasteiger partial charge in [-0.3, -0.25) is 0 Å². The molecule has 2 aromatic heterocycles. The second-order valence-corrected chi connectivity index (χ2v) is 8.85. The predicted octanol–water partition coefficient (Wildman–Crippen LogP) is 8.83.